The minimum atomic E-state index is -1.26. The van der Waals surface area contributed by atoms with Gasteiger partial charge in [0.2, 0.25) is 5.91 Å². The van der Waals surface area contributed by atoms with Crippen molar-refractivity contribution in [2.24, 2.45) is 0 Å². The summed E-state index contributed by atoms with van der Waals surface area (Å²) in [5, 5.41) is 18.9. The maximum atomic E-state index is 12.7. The van der Waals surface area contributed by atoms with E-state index in [4.69, 9.17) is 10.2 Å². The fraction of sp³-hybridized carbons (Fsp3) is 0.514. The third-order valence-corrected chi connectivity index (χ3v) is 8.62. The Labute approximate surface area is 267 Å². The number of carbonyl (C=O) groups is 3. The van der Waals surface area contributed by atoms with E-state index in [0.29, 0.717) is 29.7 Å². The molecule has 1 aliphatic heterocycles. The molecule has 1 aliphatic rings. The van der Waals surface area contributed by atoms with Crippen LogP contribution in [0.3, 0.4) is 0 Å². The van der Waals surface area contributed by atoms with Gasteiger partial charge in [-0.15, -0.1) is 0 Å². The van der Waals surface area contributed by atoms with Crippen LogP contribution in [-0.2, 0) is 14.4 Å². The molecule has 1 amide bonds. The second-order valence-corrected chi connectivity index (χ2v) is 12.9. The Bertz CT molecular complexity index is 1180. The Balaban J connectivity index is 0.000000742. The van der Waals surface area contributed by atoms with E-state index in [9.17, 15) is 14.4 Å². The summed E-state index contributed by atoms with van der Waals surface area (Å²) in [4.78, 5) is 36.9. The molecule has 242 valence electrons. The van der Waals surface area contributed by atoms with Crippen molar-refractivity contribution >= 4 is 41.0 Å². The lowest BCUT2D eigenvalue weighted by molar-refractivity contribution is -0.134. The molecule has 1 heterocycles. The number of carboxylic acid groups (broad SMARTS) is 2. The number of piperazine rings is 1. The number of nitrogens with one attached hydrogen (secondary N) is 1. The highest BCUT2D eigenvalue weighted by Gasteiger charge is 2.18. The van der Waals surface area contributed by atoms with E-state index in [-0.39, 0.29) is 5.91 Å². The monoisotopic (exact) mass is 625 g/mol. The van der Waals surface area contributed by atoms with Crippen LogP contribution in [0.5, 0.6) is 0 Å². The van der Waals surface area contributed by atoms with Gasteiger partial charge in [0.05, 0.1) is 5.75 Å². The Kier molecular flexibility index (Phi) is 16.7. The van der Waals surface area contributed by atoms with Crippen molar-refractivity contribution in [3.63, 3.8) is 0 Å². The molecule has 0 aliphatic carbocycles. The number of aryl methyl sites for hydroxylation is 1. The lowest BCUT2D eigenvalue weighted by Crippen LogP contribution is -2.46. The molecule has 0 atom stereocenters. The van der Waals surface area contributed by atoms with Crippen LogP contribution < -0.4 is 10.2 Å². The molecular weight excluding hydrogens is 574 g/mol. The molecule has 1 saturated heterocycles. The van der Waals surface area contributed by atoms with E-state index in [1.54, 1.807) is 11.8 Å². The quantitative estimate of drug-likeness (QED) is 0.143. The molecular formula is C35H51N3O5S. The Morgan fingerprint density at radius 2 is 1.39 bits per heavy atom. The molecule has 0 aromatic heterocycles. The standard InChI is InChI=1S/C31H47N3OS.C4H4O4/c1-24(2)27-14-12-15-28(25(3)4)31(27)32-30(35)23-36-22-11-7-6-10-17-33-18-20-34(21-19-33)29-16-9-8-13-26(29)5;5-3(6)1-2-4(7)8/h8-9,12-16,24-25H,6-7,10-11,17-23H2,1-5H3,(H,32,35);1-2H,(H,5,6)(H,7,8). The number of unbranched alkanes of at least 4 members (excludes halogenated alkanes) is 3. The third-order valence-electron chi connectivity index (χ3n) is 7.58. The SMILES string of the molecule is Cc1ccccc1N1CCN(CCCCCCSCC(=O)Nc2c(C(C)C)cccc2C(C)C)CC1.O=C(O)C=CC(=O)O. The minimum Gasteiger partial charge on any atom is -0.478 e. The maximum absolute atomic E-state index is 12.7. The van der Waals surface area contributed by atoms with Crippen molar-refractivity contribution in [1.82, 2.24) is 4.90 Å². The predicted octanol–water partition coefficient (Wildman–Crippen LogP) is 7.01. The van der Waals surface area contributed by atoms with Crippen LogP contribution in [0.2, 0.25) is 0 Å². The zero-order valence-corrected chi connectivity index (χ0v) is 27.9. The van der Waals surface area contributed by atoms with Crippen LogP contribution in [0, 0.1) is 6.92 Å². The molecule has 9 heteroatoms. The molecule has 2 aromatic rings. The van der Waals surface area contributed by atoms with Gasteiger partial charge in [0.1, 0.15) is 0 Å². The van der Waals surface area contributed by atoms with Crippen LogP contribution in [0.1, 0.15) is 81.9 Å². The summed E-state index contributed by atoms with van der Waals surface area (Å²) in [6.07, 6.45) is 6.12. The second-order valence-electron chi connectivity index (χ2n) is 11.8. The van der Waals surface area contributed by atoms with Crippen molar-refractivity contribution in [3.05, 3.63) is 71.3 Å². The van der Waals surface area contributed by atoms with Crippen molar-refractivity contribution in [2.75, 3.05) is 54.4 Å². The second kappa shape index (κ2) is 19.9. The van der Waals surface area contributed by atoms with Gasteiger partial charge in [-0.25, -0.2) is 9.59 Å². The maximum Gasteiger partial charge on any atom is 0.328 e. The Hall–Kier alpha value is -3.30. The van der Waals surface area contributed by atoms with Crippen molar-refractivity contribution in [3.8, 4) is 0 Å². The predicted molar refractivity (Wildman–Crippen MR) is 183 cm³/mol. The molecule has 8 nitrogen and oxygen atoms in total. The van der Waals surface area contributed by atoms with Crippen molar-refractivity contribution in [2.45, 2.75) is 72.1 Å². The van der Waals surface area contributed by atoms with Gasteiger partial charge < -0.3 is 20.4 Å². The van der Waals surface area contributed by atoms with Crippen LogP contribution in [0.15, 0.2) is 54.6 Å². The van der Waals surface area contributed by atoms with E-state index in [1.807, 2.05) is 0 Å². The number of para-hydroxylation sites is 2. The number of hydrogen-bond donors (Lipinski definition) is 3. The van der Waals surface area contributed by atoms with Gasteiger partial charge >= 0.3 is 11.9 Å². The molecule has 0 radical (unpaired) electrons. The number of hydrogen-bond acceptors (Lipinski definition) is 6. The molecule has 0 bridgehead atoms. The van der Waals surface area contributed by atoms with Crippen LogP contribution in [0.25, 0.3) is 0 Å². The number of anilines is 2. The van der Waals surface area contributed by atoms with Crippen LogP contribution in [0.4, 0.5) is 11.4 Å². The lowest BCUT2D eigenvalue weighted by atomic mass is 9.92. The number of rotatable bonds is 15. The summed E-state index contributed by atoms with van der Waals surface area (Å²) in [6, 6.07) is 15.1. The topological polar surface area (TPSA) is 110 Å². The molecule has 0 unspecified atom stereocenters. The molecule has 0 spiro atoms. The smallest absolute Gasteiger partial charge is 0.328 e. The van der Waals surface area contributed by atoms with Gasteiger partial charge in [-0.1, -0.05) is 76.9 Å². The van der Waals surface area contributed by atoms with E-state index >= 15 is 0 Å². The van der Waals surface area contributed by atoms with Gasteiger partial charge in [-0.05, 0) is 66.7 Å². The summed E-state index contributed by atoms with van der Waals surface area (Å²) < 4.78 is 0. The molecule has 3 rings (SSSR count). The highest BCUT2D eigenvalue weighted by molar-refractivity contribution is 7.99. The number of carboxylic acids is 2. The minimum absolute atomic E-state index is 0.125. The lowest BCUT2D eigenvalue weighted by Gasteiger charge is -2.36. The normalized spacial score (nSPS) is 13.7. The zero-order chi connectivity index (χ0) is 32.5. The average molecular weight is 626 g/mol. The fourth-order valence-corrected chi connectivity index (χ4v) is 6.01. The third kappa shape index (κ3) is 13.6. The first-order valence-corrected chi connectivity index (χ1v) is 16.8. The average Bonchev–Trinajstić information content (AvgIpc) is 2.98. The summed E-state index contributed by atoms with van der Waals surface area (Å²) in [5.41, 5.74) is 6.27. The van der Waals surface area contributed by atoms with Gasteiger partial charge in [-0.3, -0.25) is 9.69 Å². The number of thioether (sulfide) groups is 1. The van der Waals surface area contributed by atoms with Crippen molar-refractivity contribution < 1.29 is 24.6 Å². The van der Waals surface area contributed by atoms with Gasteiger partial charge in [0.25, 0.3) is 0 Å². The first-order chi connectivity index (χ1) is 21.0. The van der Waals surface area contributed by atoms with Crippen LogP contribution >= 0.6 is 11.8 Å². The number of amides is 1. The van der Waals surface area contributed by atoms with E-state index in [0.717, 1.165) is 37.6 Å². The Morgan fingerprint density at radius 3 is 1.93 bits per heavy atom. The molecule has 2 aromatic carbocycles. The highest BCUT2D eigenvalue weighted by atomic mass is 32.2. The largest absolute Gasteiger partial charge is 0.478 e. The summed E-state index contributed by atoms with van der Waals surface area (Å²) >= 11 is 1.77. The van der Waals surface area contributed by atoms with Gasteiger partial charge in [0.15, 0.2) is 0 Å². The first-order valence-electron chi connectivity index (χ1n) is 15.7. The summed E-state index contributed by atoms with van der Waals surface area (Å²) in [6.45, 7) is 16.8. The number of nitrogens with zero attached hydrogens (tertiary/aromatic N) is 2. The highest BCUT2D eigenvalue weighted by Crippen LogP contribution is 2.32. The Morgan fingerprint density at radius 1 is 0.818 bits per heavy atom. The van der Waals surface area contributed by atoms with Crippen molar-refractivity contribution in [1.29, 1.82) is 0 Å². The zero-order valence-electron chi connectivity index (χ0n) is 27.1. The van der Waals surface area contributed by atoms with Gasteiger partial charge in [0, 0.05) is 49.7 Å². The molecule has 1 fully saturated rings. The van der Waals surface area contributed by atoms with E-state index in [1.165, 1.54) is 54.6 Å². The summed E-state index contributed by atoms with van der Waals surface area (Å²) in [5.74, 6) is -0.00707. The van der Waals surface area contributed by atoms with E-state index < -0.39 is 11.9 Å². The molecule has 3 N–H and O–H groups in total. The van der Waals surface area contributed by atoms with Gasteiger partial charge in [-0.2, -0.15) is 11.8 Å². The number of benzene rings is 2. The first kappa shape index (κ1) is 36.9. The van der Waals surface area contributed by atoms with E-state index in [2.05, 4.69) is 92.2 Å². The molecule has 0 saturated carbocycles. The number of aliphatic carboxylic acids is 2. The fourth-order valence-electron chi connectivity index (χ4n) is 5.20. The summed E-state index contributed by atoms with van der Waals surface area (Å²) in [7, 11) is 0. The van der Waals surface area contributed by atoms with Crippen LogP contribution in [-0.4, -0.2) is 77.2 Å². The number of carbonyl (C=O) groups excluding carboxylic acids is 1. The molecule has 44 heavy (non-hydrogen) atoms.